The number of esters is 2. The van der Waals surface area contributed by atoms with Gasteiger partial charge in [-0.1, -0.05) is 30.3 Å². The fourth-order valence-corrected chi connectivity index (χ4v) is 1.81. The van der Waals surface area contributed by atoms with Crippen LogP contribution >= 0.6 is 0 Å². The number of Topliss-reactive ketones (excluding diaryl/α,β-unsaturated/α-hetero) is 1. The fraction of sp³-hybridized carbons (Fsp3) is 0.500. The number of hydrogen-bond acceptors (Lipinski definition) is 9. The van der Waals surface area contributed by atoms with Crippen molar-refractivity contribution >= 4 is 23.9 Å². The van der Waals surface area contributed by atoms with E-state index in [0.29, 0.717) is 5.56 Å². The normalized spacial score (nSPS) is 14.7. The van der Waals surface area contributed by atoms with Crippen molar-refractivity contribution in [2.75, 3.05) is 13.2 Å². The topological polar surface area (TPSA) is 149 Å². The molecule has 1 rings (SSSR count). The van der Waals surface area contributed by atoms with Gasteiger partial charge in [0.05, 0.1) is 25.5 Å². The summed E-state index contributed by atoms with van der Waals surface area (Å²) in [5.74, 6) is -1.67. The van der Waals surface area contributed by atoms with Gasteiger partial charge in [-0.2, -0.15) is 0 Å². The average Bonchev–Trinajstić information content (AvgIpc) is 2.71. The number of nitrogens with two attached hydrogens (primary N) is 1. The van der Waals surface area contributed by atoms with Crippen molar-refractivity contribution in [2.24, 2.45) is 10.7 Å². The second-order valence-corrected chi connectivity index (χ2v) is 6.00. The van der Waals surface area contributed by atoms with Crippen LogP contribution in [0.3, 0.4) is 0 Å². The van der Waals surface area contributed by atoms with Crippen LogP contribution in [0, 0.1) is 0 Å². The SMILES string of the molecule is CCOC(=O)C(O)C(C)N.CCOC(=O)C(O)C(C)N=CC(=O)c1ccccc1. The van der Waals surface area contributed by atoms with Gasteiger partial charge in [0, 0.05) is 11.6 Å². The minimum Gasteiger partial charge on any atom is -0.464 e. The monoisotopic (exact) mass is 410 g/mol. The van der Waals surface area contributed by atoms with Crippen LogP contribution in [0.15, 0.2) is 35.3 Å². The molecule has 9 heteroatoms. The van der Waals surface area contributed by atoms with Crippen molar-refractivity contribution < 1.29 is 34.1 Å². The summed E-state index contributed by atoms with van der Waals surface area (Å²) in [5, 5.41) is 18.5. The summed E-state index contributed by atoms with van der Waals surface area (Å²) in [6.07, 6.45) is -1.44. The predicted molar refractivity (Wildman–Crippen MR) is 108 cm³/mol. The molecule has 0 saturated heterocycles. The molecule has 4 N–H and O–H groups in total. The van der Waals surface area contributed by atoms with Crippen molar-refractivity contribution in [1.29, 1.82) is 0 Å². The lowest BCUT2D eigenvalue weighted by Gasteiger charge is -2.12. The molecule has 0 aliphatic heterocycles. The van der Waals surface area contributed by atoms with Crippen LogP contribution in [0.25, 0.3) is 0 Å². The summed E-state index contributed by atoms with van der Waals surface area (Å²) in [5.41, 5.74) is 5.72. The molecule has 4 unspecified atom stereocenters. The van der Waals surface area contributed by atoms with Crippen molar-refractivity contribution in [3.05, 3.63) is 35.9 Å². The Hall–Kier alpha value is -2.62. The summed E-state index contributed by atoms with van der Waals surface area (Å²) >= 11 is 0. The first kappa shape index (κ1) is 26.4. The van der Waals surface area contributed by atoms with Gasteiger partial charge >= 0.3 is 11.9 Å². The number of aliphatic imine (C=N–C) groups is 1. The molecule has 0 fully saturated rings. The van der Waals surface area contributed by atoms with E-state index in [1.807, 2.05) is 0 Å². The molecule has 4 atom stereocenters. The predicted octanol–water partition coefficient (Wildman–Crippen LogP) is 0.510. The molecule has 0 aromatic heterocycles. The Morgan fingerprint density at radius 1 is 1.00 bits per heavy atom. The number of benzene rings is 1. The van der Waals surface area contributed by atoms with E-state index in [9.17, 15) is 19.5 Å². The highest BCUT2D eigenvalue weighted by Gasteiger charge is 2.23. The van der Waals surface area contributed by atoms with E-state index in [1.54, 1.807) is 51.1 Å². The maximum absolute atomic E-state index is 11.7. The highest BCUT2D eigenvalue weighted by atomic mass is 16.5. The molecule has 0 spiro atoms. The largest absolute Gasteiger partial charge is 0.464 e. The molecular weight excluding hydrogens is 380 g/mol. The van der Waals surface area contributed by atoms with Crippen LogP contribution in [0.2, 0.25) is 0 Å². The maximum atomic E-state index is 11.7. The van der Waals surface area contributed by atoms with Gasteiger partial charge in [-0.3, -0.25) is 9.79 Å². The summed E-state index contributed by atoms with van der Waals surface area (Å²) in [6, 6.07) is 7.34. The molecule has 1 aromatic carbocycles. The van der Waals surface area contributed by atoms with Crippen LogP contribution in [0.1, 0.15) is 38.1 Å². The number of rotatable bonds is 9. The average molecular weight is 410 g/mol. The Morgan fingerprint density at radius 2 is 1.48 bits per heavy atom. The zero-order valence-electron chi connectivity index (χ0n) is 17.1. The minimum atomic E-state index is -1.36. The molecule has 29 heavy (non-hydrogen) atoms. The molecule has 0 radical (unpaired) electrons. The zero-order valence-corrected chi connectivity index (χ0v) is 17.1. The van der Waals surface area contributed by atoms with Crippen molar-refractivity contribution in [1.82, 2.24) is 0 Å². The van der Waals surface area contributed by atoms with E-state index in [0.717, 1.165) is 6.21 Å². The van der Waals surface area contributed by atoms with Gasteiger partial charge < -0.3 is 25.4 Å². The highest BCUT2D eigenvalue weighted by Crippen LogP contribution is 2.03. The molecule has 1 aromatic rings. The zero-order chi connectivity index (χ0) is 22.4. The summed E-state index contributed by atoms with van der Waals surface area (Å²) < 4.78 is 9.16. The number of hydrogen-bond donors (Lipinski definition) is 3. The van der Waals surface area contributed by atoms with Crippen LogP contribution in [0.5, 0.6) is 0 Å². The molecule has 9 nitrogen and oxygen atoms in total. The maximum Gasteiger partial charge on any atom is 0.337 e. The van der Waals surface area contributed by atoms with Gasteiger partial charge in [0.15, 0.2) is 12.2 Å². The van der Waals surface area contributed by atoms with Gasteiger partial charge in [-0.25, -0.2) is 9.59 Å². The Kier molecular flexibility index (Phi) is 13.1. The van der Waals surface area contributed by atoms with Crippen LogP contribution in [0.4, 0.5) is 0 Å². The molecule has 162 valence electrons. The van der Waals surface area contributed by atoms with Gasteiger partial charge in [0.25, 0.3) is 0 Å². The number of nitrogens with zero attached hydrogens (tertiary/aromatic N) is 1. The van der Waals surface area contributed by atoms with Crippen LogP contribution in [-0.4, -0.2) is 71.7 Å². The van der Waals surface area contributed by atoms with Crippen molar-refractivity contribution in [3.8, 4) is 0 Å². The molecule has 0 amide bonds. The van der Waals surface area contributed by atoms with Crippen molar-refractivity contribution in [2.45, 2.75) is 52.0 Å². The summed E-state index contributed by atoms with van der Waals surface area (Å²) in [4.78, 5) is 37.5. The molecule has 0 heterocycles. The number of aliphatic hydroxyl groups is 2. The molecule has 0 saturated carbocycles. The van der Waals surface area contributed by atoms with Crippen molar-refractivity contribution in [3.63, 3.8) is 0 Å². The highest BCUT2D eigenvalue weighted by molar-refractivity contribution is 6.35. The van der Waals surface area contributed by atoms with Gasteiger partial charge in [0.2, 0.25) is 5.78 Å². The molecule has 0 aliphatic carbocycles. The third kappa shape index (κ3) is 10.5. The Balaban J connectivity index is 0.000000665. The van der Waals surface area contributed by atoms with E-state index in [1.165, 1.54) is 6.92 Å². The number of aliphatic hydroxyl groups excluding tert-OH is 2. The van der Waals surface area contributed by atoms with Gasteiger partial charge in [-0.05, 0) is 27.7 Å². The molecular formula is C20H30N2O7. The van der Waals surface area contributed by atoms with E-state index >= 15 is 0 Å². The van der Waals surface area contributed by atoms with E-state index < -0.39 is 36.2 Å². The standard InChI is InChI=1S/C14H17NO4.C6H13NO3/c1-3-19-14(18)13(17)10(2)15-9-12(16)11-7-5-4-6-8-11;1-3-10-6(9)5(8)4(2)7/h4-10,13,17H,3H2,1-2H3;4-5,8H,3,7H2,1-2H3. The Labute approximate surface area is 170 Å². The lowest BCUT2D eigenvalue weighted by molar-refractivity contribution is -0.154. The quantitative estimate of drug-likeness (QED) is 0.303. The second kappa shape index (κ2) is 14.4. The first-order chi connectivity index (χ1) is 13.6. The second-order valence-electron chi connectivity index (χ2n) is 6.00. The smallest absolute Gasteiger partial charge is 0.337 e. The number of carbonyl (C=O) groups is 3. The minimum absolute atomic E-state index is 0.190. The van der Waals surface area contributed by atoms with Crippen LogP contribution < -0.4 is 5.73 Å². The summed E-state index contributed by atoms with van der Waals surface area (Å²) in [6.45, 7) is 6.86. The number of ether oxygens (including phenoxy) is 2. The summed E-state index contributed by atoms with van der Waals surface area (Å²) in [7, 11) is 0. The number of ketones is 1. The first-order valence-corrected chi connectivity index (χ1v) is 9.23. The van der Waals surface area contributed by atoms with E-state index in [2.05, 4.69) is 14.5 Å². The Bertz CT molecular complexity index is 662. The van der Waals surface area contributed by atoms with Gasteiger partial charge in [0.1, 0.15) is 0 Å². The Morgan fingerprint density at radius 3 is 1.93 bits per heavy atom. The molecule has 0 bridgehead atoms. The first-order valence-electron chi connectivity index (χ1n) is 9.23. The third-order valence-corrected chi connectivity index (χ3v) is 3.50. The van der Waals surface area contributed by atoms with Crippen LogP contribution in [-0.2, 0) is 19.1 Å². The fourth-order valence-electron chi connectivity index (χ4n) is 1.81. The van der Waals surface area contributed by atoms with E-state index in [-0.39, 0.29) is 19.0 Å². The van der Waals surface area contributed by atoms with Gasteiger partial charge in [-0.15, -0.1) is 0 Å². The number of carbonyl (C=O) groups excluding carboxylic acids is 3. The molecule has 0 aliphatic rings. The lowest BCUT2D eigenvalue weighted by Crippen LogP contribution is -2.39. The van der Waals surface area contributed by atoms with E-state index in [4.69, 9.17) is 10.8 Å². The lowest BCUT2D eigenvalue weighted by atomic mass is 10.1. The third-order valence-electron chi connectivity index (χ3n) is 3.50.